The molecule has 1 aliphatic heterocycles. The average molecular weight is 677 g/mol. The number of hydrogen-bond acceptors (Lipinski definition) is 2. The topological polar surface area (TPSA) is 3.24 Å². The van der Waals surface area contributed by atoms with E-state index in [1.54, 1.807) is 10.4 Å². The molecule has 1 aromatic heterocycles. The van der Waals surface area contributed by atoms with Crippen molar-refractivity contribution in [3.05, 3.63) is 174 Å². The van der Waals surface area contributed by atoms with E-state index in [4.69, 9.17) is 0 Å². The van der Waals surface area contributed by atoms with Crippen LogP contribution in [0.5, 0.6) is 0 Å². The summed E-state index contributed by atoms with van der Waals surface area (Å²) < 4.78 is 2.86. The summed E-state index contributed by atoms with van der Waals surface area (Å²) in [6, 6.07) is 38.8. The first-order valence-electron chi connectivity index (χ1n) is 18.0. The minimum absolute atomic E-state index is 0.258. The predicted molar refractivity (Wildman–Crippen MR) is 219 cm³/mol. The summed E-state index contributed by atoms with van der Waals surface area (Å²) >= 11 is 1.97. The first-order chi connectivity index (χ1) is 24.7. The maximum Gasteiger partial charge on any atom is 0.114 e. The van der Waals surface area contributed by atoms with Gasteiger partial charge in [0.1, 0.15) is 8.80 Å². The van der Waals surface area contributed by atoms with Gasteiger partial charge in [0.15, 0.2) is 0 Å². The maximum absolute atomic E-state index is 2.62. The Morgan fingerprint density at radius 3 is 2.40 bits per heavy atom. The van der Waals surface area contributed by atoms with E-state index < -0.39 is 8.80 Å². The second-order valence-corrected chi connectivity index (χ2v) is 17.5. The van der Waals surface area contributed by atoms with Crippen LogP contribution in [0.4, 0.5) is 5.69 Å². The van der Waals surface area contributed by atoms with Crippen molar-refractivity contribution >= 4 is 67.5 Å². The van der Waals surface area contributed by atoms with Gasteiger partial charge in [-0.25, -0.2) is 0 Å². The normalized spacial score (nSPS) is 20.0. The van der Waals surface area contributed by atoms with E-state index in [0.29, 0.717) is 5.92 Å². The molecule has 0 N–H and O–H groups in total. The van der Waals surface area contributed by atoms with Crippen LogP contribution in [0, 0.1) is 5.92 Å². The Morgan fingerprint density at radius 2 is 1.56 bits per heavy atom. The monoisotopic (exact) mass is 676 g/mol. The lowest BCUT2D eigenvalue weighted by Gasteiger charge is -2.37. The summed E-state index contributed by atoms with van der Waals surface area (Å²) in [6.45, 7) is 2.53. The van der Waals surface area contributed by atoms with E-state index in [1.165, 1.54) is 70.2 Å². The van der Waals surface area contributed by atoms with Crippen LogP contribution >= 0.6 is 11.3 Å². The number of thiophene rings is 1. The number of fused-ring (bicyclic) bond motifs is 7. The fourth-order valence-corrected chi connectivity index (χ4v) is 12.4. The minimum atomic E-state index is -0.844. The zero-order chi connectivity index (χ0) is 33.2. The van der Waals surface area contributed by atoms with Crippen LogP contribution in [-0.4, -0.2) is 14.8 Å². The number of benzene rings is 5. The second kappa shape index (κ2) is 12.1. The lowest BCUT2D eigenvalue weighted by molar-refractivity contribution is 0.721. The highest BCUT2D eigenvalue weighted by Gasteiger charge is 2.36. The zero-order valence-corrected chi connectivity index (χ0v) is 30.1. The van der Waals surface area contributed by atoms with Gasteiger partial charge >= 0.3 is 0 Å². The smallest absolute Gasteiger partial charge is 0.114 e. The minimum Gasteiger partial charge on any atom is -0.335 e. The van der Waals surface area contributed by atoms with Crippen LogP contribution in [0.25, 0.3) is 47.6 Å². The molecule has 1 radical (unpaired) electrons. The lowest BCUT2D eigenvalue weighted by atomic mass is 9.87. The van der Waals surface area contributed by atoms with Gasteiger partial charge in [0.2, 0.25) is 0 Å². The Morgan fingerprint density at radius 1 is 0.720 bits per heavy atom. The molecule has 2 unspecified atom stereocenters. The first kappa shape index (κ1) is 29.9. The van der Waals surface area contributed by atoms with Crippen molar-refractivity contribution in [3.8, 4) is 11.1 Å². The van der Waals surface area contributed by atoms with Gasteiger partial charge in [-0.1, -0.05) is 133 Å². The number of allylic oxidation sites excluding steroid dienone is 9. The van der Waals surface area contributed by atoms with Crippen LogP contribution in [0.2, 0.25) is 6.55 Å². The molecule has 0 spiro atoms. The molecule has 6 aromatic rings. The molecule has 5 aromatic carbocycles. The molecule has 0 saturated heterocycles. The van der Waals surface area contributed by atoms with E-state index >= 15 is 0 Å². The maximum atomic E-state index is 2.62. The van der Waals surface area contributed by atoms with E-state index in [2.05, 4.69) is 163 Å². The standard InChI is InChI=1S/C47H38NSSi/c1-50-44-28-27-41-40-13-7-8-14-43(40)49-47(41)46(44)42-26-25-39(30-45(42)50)48(37-21-17-33(18-22-37)31-9-3-2-4-10-31)38-23-19-34(20-24-38)36-16-15-32-11-5-6-12-35(32)29-36/h3,5-17,19-29,33,39H,2,4,18,30H2,1H3. The molecular formula is C47H38NSSi. The highest BCUT2D eigenvalue weighted by molar-refractivity contribution is 7.26. The largest absolute Gasteiger partial charge is 0.335 e. The lowest BCUT2D eigenvalue weighted by Crippen LogP contribution is -2.37. The Labute approximate surface area is 300 Å². The van der Waals surface area contributed by atoms with Crippen molar-refractivity contribution in [2.75, 3.05) is 4.90 Å². The number of hydrogen-bond donors (Lipinski definition) is 0. The molecule has 10 rings (SSSR count). The van der Waals surface area contributed by atoms with Crippen molar-refractivity contribution in [2.45, 2.75) is 38.3 Å². The molecule has 0 fully saturated rings. The molecule has 0 bridgehead atoms. The van der Waals surface area contributed by atoms with Gasteiger partial charge < -0.3 is 4.90 Å². The number of nitrogens with zero attached hydrogens (tertiary/aromatic N) is 1. The highest BCUT2D eigenvalue weighted by atomic mass is 32.1. The van der Waals surface area contributed by atoms with Gasteiger partial charge in [-0.3, -0.25) is 0 Å². The first-order valence-corrected chi connectivity index (χ1v) is 20.8. The zero-order valence-electron chi connectivity index (χ0n) is 28.3. The molecule has 0 amide bonds. The highest BCUT2D eigenvalue weighted by Crippen LogP contribution is 2.45. The summed E-state index contributed by atoms with van der Waals surface area (Å²) in [5, 5.41) is 8.62. The summed E-state index contributed by atoms with van der Waals surface area (Å²) in [7, 11) is -0.844. The summed E-state index contributed by atoms with van der Waals surface area (Å²) in [4.78, 5) is 2.62. The van der Waals surface area contributed by atoms with Crippen molar-refractivity contribution in [3.63, 3.8) is 0 Å². The molecule has 0 saturated carbocycles. The quantitative estimate of drug-likeness (QED) is 0.164. The van der Waals surface area contributed by atoms with Crippen molar-refractivity contribution in [1.29, 1.82) is 0 Å². The molecule has 2 atom stereocenters. The summed E-state index contributed by atoms with van der Waals surface area (Å²) in [6.07, 6.45) is 23.8. The third-order valence-electron chi connectivity index (χ3n) is 11.3. The SMILES string of the molecule is C[Si]1C2=C(C=CC(N(C3=CCC(C4=CCCC=C4)C=C3)c3ccc(-c4ccc5ccccc5c4)cc3)C2)c2c1ccc1c2sc2ccccc21. The van der Waals surface area contributed by atoms with Crippen molar-refractivity contribution < 1.29 is 0 Å². The van der Waals surface area contributed by atoms with Gasteiger partial charge in [0.25, 0.3) is 0 Å². The van der Waals surface area contributed by atoms with Crippen LogP contribution in [0.3, 0.4) is 0 Å². The van der Waals surface area contributed by atoms with Crippen LogP contribution in [-0.2, 0) is 0 Å². The van der Waals surface area contributed by atoms with Crippen molar-refractivity contribution in [2.24, 2.45) is 5.92 Å². The van der Waals surface area contributed by atoms with E-state index in [9.17, 15) is 0 Å². The molecular weight excluding hydrogens is 639 g/mol. The van der Waals surface area contributed by atoms with Gasteiger partial charge in [-0.2, -0.15) is 0 Å². The molecule has 241 valence electrons. The van der Waals surface area contributed by atoms with Crippen molar-refractivity contribution in [1.82, 2.24) is 0 Å². The second-order valence-electron chi connectivity index (χ2n) is 14.1. The Balaban J connectivity index is 1.01. The van der Waals surface area contributed by atoms with Crippen LogP contribution < -0.4 is 10.1 Å². The fourth-order valence-electron chi connectivity index (χ4n) is 8.65. The fraction of sp³-hybridized carbons (Fsp3) is 0.149. The van der Waals surface area contributed by atoms with Gasteiger partial charge in [-0.05, 0) is 99.8 Å². The Bertz CT molecular complexity index is 2520. The molecule has 3 aliphatic carbocycles. The van der Waals surface area contributed by atoms with E-state index in [1.807, 2.05) is 11.3 Å². The summed E-state index contributed by atoms with van der Waals surface area (Å²) in [5.74, 6) is 0.460. The van der Waals surface area contributed by atoms with Gasteiger partial charge in [0, 0.05) is 37.5 Å². The number of anilines is 1. The molecule has 50 heavy (non-hydrogen) atoms. The molecule has 1 nitrogen and oxygen atoms in total. The van der Waals surface area contributed by atoms with E-state index in [-0.39, 0.29) is 6.04 Å². The third kappa shape index (κ3) is 4.94. The molecule has 3 heteroatoms. The van der Waals surface area contributed by atoms with E-state index in [0.717, 1.165) is 25.7 Å². The Hall–Kier alpha value is -4.96. The average Bonchev–Trinajstić information content (AvgIpc) is 3.70. The van der Waals surface area contributed by atoms with Crippen LogP contribution in [0.1, 0.15) is 31.2 Å². The van der Waals surface area contributed by atoms with Gasteiger partial charge in [0.05, 0.1) is 6.04 Å². The number of rotatable bonds is 5. The van der Waals surface area contributed by atoms with Crippen LogP contribution in [0.15, 0.2) is 168 Å². The molecule has 2 heterocycles. The molecule has 4 aliphatic rings. The van der Waals surface area contributed by atoms with Gasteiger partial charge in [-0.15, -0.1) is 11.3 Å². The summed E-state index contributed by atoms with van der Waals surface area (Å²) in [5.41, 5.74) is 9.57. The predicted octanol–water partition coefficient (Wildman–Crippen LogP) is 12.1. The Kier molecular flexibility index (Phi) is 7.25. The third-order valence-corrected chi connectivity index (χ3v) is 15.1.